The minimum atomic E-state index is -0.437. The van der Waals surface area contributed by atoms with E-state index in [2.05, 4.69) is 54.7 Å². The summed E-state index contributed by atoms with van der Waals surface area (Å²) in [6.07, 6.45) is 3.20. The lowest BCUT2D eigenvalue weighted by Gasteiger charge is -2.36. The Hall–Kier alpha value is -3.52. The van der Waals surface area contributed by atoms with Crippen LogP contribution in [0.5, 0.6) is 5.75 Å². The van der Waals surface area contributed by atoms with Crippen molar-refractivity contribution in [3.05, 3.63) is 65.9 Å². The molecule has 0 spiro atoms. The number of para-hydroxylation sites is 1. The molecular formula is C22H23ClN6O2. The van der Waals surface area contributed by atoms with E-state index in [1.165, 1.54) is 12.8 Å². The number of amides is 2. The third-order valence-electron chi connectivity index (χ3n) is 4.99. The van der Waals surface area contributed by atoms with Crippen molar-refractivity contribution >= 4 is 40.6 Å². The van der Waals surface area contributed by atoms with Gasteiger partial charge in [-0.2, -0.15) is 0 Å². The number of carbonyl (C=O) groups is 1. The number of aromatic nitrogens is 2. The van der Waals surface area contributed by atoms with Crippen LogP contribution < -0.4 is 25.2 Å². The number of benzene rings is 2. The van der Waals surface area contributed by atoms with E-state index in [0.717, 1.165) is 26.2 Å². The zero-order chi connectivity index (χ0) is 21.6. The summed E-state index contributed by atoms with van der Waals surface area (Å²) >= 11 is 6.00. The molecule has 31 heavy (non-hydrogen) atoms. The molecule has 2 aromatic carbocycles. The first-order chi connectivity index (χ1) is 15.1. The Morgan fingerprint density at radius 1 is 0.968 bits per heavy atom. The largest absolute Gasteiger partial charge is 0.495 e. The molecule has 0 aliphatic carbocycles. The summed E-state index contributed by atoms with van der Waals surface area (Å²) in [7, 11) is 1.53. The van der Waals surface area contributed by atoms with Gasteiger partial charge in [-0.3, -0.25) is 0 Å². The van der Waals surface area contributed by atoms with E-state index in [4.69, 9.17) is 16.3 Å². The van der Waals surface area contributed by atoms with Gasteiger partial charge in [-0.05, 0) is 30.3 Å². The molecule has 1 aliphatic heterocycles. The standard InChI is InChI=1S/C22H23ClN6O2/c1-31-20-8-7-16(23)13-19(20)27-22(30)26-17-14-24-21(25-15-17)29-11-9-28(10-12-29)18-5-3-2-4-6-18/h2-8,13-15H,9-12H2,1H3,(H2,26,27,30). The summed E-state index contributed by atoms with van der Waals surface area (Å²) in [6, 6.07) is 14.9. The molecule has 0 atom stereocenters. The number of ether oxygens (including phenoxy) is 1. The topological polar surface area (TPSA) is 82.6 Å². The molecule has 0 radical (unpaired) electrons. The quantitative estimate of drug-likeness (QED) is 0.623. The van der Waals surface area contributed by atoms with Crippen LogP contribution in [0.3, 0.4) is 0 Å². The van der Waals surface area contributed by atoms with Gasteiger partial charge in [-0.1, -0.05) is 29.8 Å². The Kier molecular flexibility index (Phi) is 6.37. The third-order valence-corrected chi connectivity index (χ3v) is 5.22. The van der Waals surface area contributed by atoms with Crippen LogP contribution in [0.4, 0.5) is 27.8 Å². The van der Waals surface area contributed by atoms with Crippen molar-refractivity contribution < 1.29 is 9.53 Å². The lowest BCUT2D eigenvalue weighted by Crippen LogP contribution is -2.47. The molecule has 0 bridgehead atoms. The van der Waals surface area contributed by atoms with Crippen LogP contribution in [-0.2, 0) is 0 Å². The predicted octanol–water partition coefficient (Wildman–Crippen LogP) is 4.11. The highest BCUT2D eigenvalue weighted by molar-refractivity contribution is 6.31. The fraction of sp³-hybridized carbons (Fsp3) is 0.227. The van der Waals surface area contributed by atoms with Crippen molar-refractivity contribution in [1.29, 1.82) is 0 Å². The average Bonchev–Trinajstić information content (AvgIpc) is 2.80. The van der Waals surface area contributed by atoms with E-state index in [1.807, 2.05) is 6.07 Å². The first-order valence-electron chi connectivity index (χ1n) is 9.91. The monoisotopic (exact) mass is 438 g/mol. The average molecular weight is 439 g/mol. The Bertz CT molecular complexity index is 1020. The molecule has 9 heteroatoms. The summed E-state index contributed by atoms with van der Waals surface area (Å²) < 4.78 is 5.24. The van der Waals surface area contributed by atoms with Gasteiger partial charge in [0.1, 0.15) is 5.75 Å². The van der Waals surface area contributed by atoms with E-state index in [-0.39, 0.29) is 0 Å². The van der Waals surface area contributed by atoms with Gasteiger partial charge in [0.2, 0.25) is 5.95 Å². The number of urea groups is 1. The molecule has 8 nitrogen and oxygen atoms in total. The second kappa shape index (κ2) is 9.53. The molecule has 1 aliphatic rings. The number of anilines is 4. The lowest BCUT2D eigenvalue weighted by atomic mass is 10.2. The first-order valence-corrected chi connectivity index (χ1v) is 10.3. The summed E-state index contributed by atoms with van der Waals surface area (Å²) in [5.41, 5.74) is 2.19. The number of hydrogen-bond acceptors (Lipinski definition) is 6. The maximum absolute atomic E-state index is 12.3. The van der Waals surface area contributed by atoms with Crippen LogP contribution >= 0.6 is 11.6 Å². The van der Waals surface area contributed by atoms with Gasteiger partial charge in [0.15, 0.2) is 0 Å². The number of hydrogen-bond donors (Lipinski definition) is 2. The van der Waals surface area contributed by atoms with Crippen LogP contribution in [0.1, 0.15) is 0 Å². The van der Waals surface area contributed by atoms with E-state index >= 15 is 0 Å². The number of piperazine rings is 1. The maximum Gasteiger partial charge on any atom is 0.323 e. The zero-order valence-electron chi connectivity index (χ0n) is 17.1. The van der Waals surface area contributed by atoms with E-state index < -0.39 is 6.03 Å². The van der Waals surface area contributed by atoms with Gasteiger partial charge in [-0.15, -0.1) is 0 Å². The maximum atomic E-state index is 12.3. The van der Waals surface area contributed by atoms with Crippen LogP contribution in [0.2, 0.25) is 5.02 Å². The number of carbonyl (C=O) groups excluding carboxylic acids is 1. The van der Waals surface area contributed by atoms with Crippen LogP contribution in [-0.4, -0.2) is 49.3 Å². The van der Waals surface area contributed by atoms with E-state index in [0.29, 0.717) is 28.1 Å². The number of methoxy groups -OCH3 is 1. The second-order valence-electron chi connectivity index (χ2n) is 7.01. The first kappa shape index (κ1) is 20.7. The fourth-order valence-corrected chi connectivity index (χ4v) is 3.59. The summed E-state index contributed by atoms with van der Waals surface area (Å²) in [4.78, 5) is 25.6. The van der Waals surface area contributed by atoms with Gasteiger partial charge < -0.3 is 25.2 Å². The fourth-order valence-electron chi connectivity index (χ4n) is 3.42. The Labute approximate surface area is 185 Å². The molecule has 0 saturated carbocycles. The molecule has 1 fully saturated rings. The highest BCUT2D eigenvalue weighted by Crippen LogP contribution is 2.27. The third kappa shape index (κ3) is 5.16. The predicted molar refractivity (Wildman–Crippen MR) is 124 cm³/mol. The highest BCUT2D eigenvalue weighted by atomic mass is 35.5. The van der Waals surface area contributed by atoms with Gasteiger partial charge in [0, 0.05) is 36.9 Å². The molecular weight excluding hydrogens is 416 g/mol. The molecule has 2 amide bonds. The van der Waals surface area contributed by atoms with Gasteiger partial charge >= 0.3 is 6.03 Å². The Morgan fingerprint density at radius 2 is 1.65 bits per heavy atom. The number of rotatable bonds is 5. The summed E-state index contributed by atoms with van der Waals surface area (Å²) in [6.45, 7) is 3.46. The minimum absolute atomic E-state index is 0.437. The van der Waals surface area contributed by atoms with Gasteiger partial charge in [0.25, 0.3) is 0 Å². The molecule has 2 heterocycles. The molecule has 3 aromatic rings. The molecule has 1 aromatic heterocycles. The molecule has 2 N–H and O–H groups in total. The van der Waals surface area contributed by atoms with Crippen molar-refractivity contribution in [3.63, 3.8) is 0 Å². The van der Waals surface area contributed by atoms with Gasteiger partial charge in [0.05, 0.1) is 30.9 Å². The molecule has 160 valence electrons. The van der Waals surface area contributed by atoms with Crippen molar-refractivity contribution in [1.82, 2.24) is 9.97 Å². The van der Waals surface area contributed by atoms with Crippen LogP contribution in [0, 0.1) is 0 Å². The smallest absolute Gasteiger partial charge is 0.323 e. The van der Waals surface area contributed by atoms with E-state index in [1.54, 1.807) is 30.6 Å². The normalized spacial score (nSPS) is 13.6. The number of halogens is 1. The highest BCUT2D eigenvalue weighted by Gasteiger charge is 2.19. The number of nitrogens with one attached hydrogen (secondary N) is 2. The van der Waals surface area contributed by atoms with Crippen LogP contribution in [0.25, 0.3) is 0 Å². The van der Waals surface area contributed by atoms with Crippen molar-refractivity contribution in [2.75, 3.05) is 53.7 Å². The SMILES string of the molecule is COc1ccc(Cl)cc1NC(=O)Nc1cnc(N2CCN(c3ccccc3)CC2)nc1. The summed E-state index contributed by atoms with van der Waals surface area (Å²) in [5.74, 6) is 1.16. The zero-order valence-corrected chi connectivity index (χ0v) is 17.8. The van der Waals surface area contributed by atoms with Crippen molar-refractivity contribution in [3.8, 4) is 5.75 Å². The van der Waals surface area contributed by atoms with Crippen LogP contribution in [0.15, 0.2) is 60.9 Å². The number of nitrogens with zero attached hydrogens (tertiary/aromatic N) is 4. The van der Waals surface area contributed by atoms with Crippen molar-refractivity contribution in [2.45, 2.75) is 0 Å². The molecule has 4 rings (SSSR count). The molecule has 0 unspecified atom stereocenters. The Balaban J connectivity index is 1.32. The molecule has 1 saturated heterocycles. The second-order valence-corrected chi connectivity index (χ2v) is 7.44. The summed E-state index contributed by atoms with van der Waals surface area (Å²) in [5, 5.41) is 5.93. The van der Waals surface area contributed by atoms with Crippen molar-refractivity contribution in [2.24, 2.45) is 0 Å². The van der Waals surface area contributed by atoms with E-state index in [9.17, 15) is 4.79 Å². The minimum Gasteiger partial charge on any atom is -0.495 e. The lowest BCUT2D eigenvalue weighted by molar-refractivity contribution is 0.262. The van der Waals surface area contributed by atoms with Gasteiger partial charge in [-0.25, -0.2) is 14.8 Å². The Morgan fingerprint density at radius 3 is 2.32 bits per heavy atom.